The topological polar surface area (TPSA) is 54.5 Å². The third-order valence-electron chi connectivity index (χ3n) is 3.44. The molecule has 2 aromatic rings. The van der Waals surface area contributed by atoms with Crippen LogP contribution in [0.25, 0.3) is 0 Å². The molecule has 5 nitrogen and oxygen atoms in total. The number of nitrogens with one attached hydrogen (secondary N) is 1. The summed E-state index contributed by atoms with van der Waals surface area (Å²) in [6.45, 7) is 2.83. The summed E-state index contributed by atoms with van der Waals surface area (Å²) < 4.78 is 5.39. The molecule has 0 unspecified atom stereocenters. The van der Waals surface area contributed by atoms with Crippen LogP contribution >= 0.6 is 11.3 Å². The number of anilines is 1. The molecule has 6 heteroatoms. The van der Waals surface area contributed by atoms with E-state index in [-0.39, 0.29) is 11.9 Å². The summed E-state index contributed by atoms with van der Waals surface area (Å²) in [6, 6.07) is 9.54. The van der Waals surface area contributed by atoms with Gasteiger partial charge in [-0.05, 0) is 5.56 Å². The molecule has 0 radical (unpaired) electrons. The van der Waals surface area contributed by atoms with E-state index in [4.69, 9.17) is 4.74 Å². The highest BCUT2D eigenvalue weighted by Gasteiger charge is 2.29. The first-order valence-corrected chi connectivity index (χ1v) is 7.79. The molecule has 110 valence electrons. The molecule has 0 aliphatic carbocycles. The number of hydrogen-bond acceptors (Lipinski definition) is 5. The number of nitrogens with zero attached hydrogens (tertiary/aromatic N) is 2. The van der Waals surface area contributed by atoms with E-state index in [0.29, 0.717) is 18.3 Å². The molecular weight excluding hydrogens is 286 g/mol. The van der Waals surface area contributed by atoms with Gasteiger partial charge in [-0.25, -0.2) is 4.98 Å². The Morgan fingerprint density at radius 3 is 2.71 bits per heavy atom. The number of rotatable bonds is 4. The maximum atomic E-state index is 12.7. The highest BCUT2D eigenvalue weighted by molar-refractivity contribution is 7.13. The molecule has 1 aromatic heterocycles. The third kappa shape index (κ3) is 3.47. The van der Waals surface area contributed by atoms with Crippen LogP contribution in [0.4, 0.5) is 5.13 Å². The first kappa shape index (κ1) is 14.2. The summed E-state index contributed by atoms with van der Waals surface area (Å²) in [5, 5.41) is 5.39. The molecule has 0 bridgehead atoms. The summed E-state index contributed by atoms with van der Waals surface area (Å²) in [5.41, 5.74) is 0.994. The lowest BCUT2D eigenvalue weighted by Gasteiger charge is -2.33. The van der Waals surface area contributed by atoms with Gasteiger partial charge in [0.05, 0.1) is 13.2 Å². The number of amides is 1. The fourth-order valence-electron chi connectivity index (χ4n) is 2.46. The zero-order chi connectivity index (χ0) is 14.5. The highest BCUT2D eigenvalue weighted by Crippen LogP contribution is 2.24. The van der Waals surface area contributed by atoms with Crippen molar-refractivity contribution < 1.29 is 9.53 Å². The van der Waals surface area contributed by atoms with Crippen LogP contribution in [0.3, 0.4) is 0 Å². The molecule has 1 atom stereocenters. The summed E-state index contributed by atoms with van der Waals surface area (Å²) in [7, 11) is 0. The van der Waals surface area contributed by atoms with E-state index in [0.717, 1.165) is 18.7 Å². The summed E-state index contributed by atoms with van der Waals surface area (Å²) >= 11 is 1.42. The van der Waals surface area contributed by atoms with E-state index < -0.39 is 0 Å². The summed E-state index contributed by atoms with van der Waals surface area (Å²) in [6.07, 6.45) is 1.69. The zero-order valence-corrected chi connectivity index (χ0v) is 12.4. The second-order valence-electron chi connectivity index (χ2n) is 4.79. The molecular formula is C15H17N3O2S. The maximum absolute atomic E-state index is 12.7. The van der Waals surface area contributed by atoms with Gasteiger partial charge in [-0.1, -0.05) is 30.3 Å². The van der Waals surface area contributed by atoms with Crippen LogP contribution < -0.4 is 5.32 Å². The van der Waals surface area contributed by atoms with Crippen LogP contribution in [0.1, 0.15) is 11.6 Å². The van der Waals surface area contributed by atoms with Crippen molar-refractivity contribution in [1.29, 1.82) is 0 Å². The van der Waals surface area contributed by atoms with Gasteiger partial charge in [0.25, 0.3) is 0 Å². The Morgan fingerprint density at radius 2 is 2.05 bits per heavy atom. The van der Waals surface area contributed by atoms with Crippen molar-refractivity contribution in [1.82, 2.24) is 9.88 Å². The highest BCUT2D eigenvalue weighted by atomic mass is 32.1. The minimum Gasteiger partial charge on any atom is -0.379 e. The lowest BCUT2D eigenvalue weighted by atomic mass is 10.0. The number of hydrogen-bond donors (Lipinski definition) is 1. The summed E-state index contributed by atoms with van der Waals surface area (Å²) in [5.74, 6) is -0.0435. The van der Waals surface area contributed by atoms with Crippen LogP contribution in [0.5, 0.6) is 0 Å². The van der Waals surface area contributed by atoms with Crippen molar-refractivity contribution in [2.75, 3.05) is 31.6 Å². The fraction of sp³-hybridized carbons (Fsp3) is 0.333. The van der Waals surface area contributed by atoms with Crippen molar-refractivity contribution in [2.45, 2.75) is 6.04 Å². The first-order valence-electron chi connectivity index (χ1n) is 6.92. The van der Waals surface area contributed by atoms with Crippen molar-refractivity contribution in [2.24, 2.45) is 0 Å². The minimum atomic E-state index is -0.306. The molecule has 1 saturated heterocycles. The van der Waals surface area contributed by atoms with Crippen molar-refractivity contribution in [3.63, 3.8) is 0 Å². The van der Waals surface area contributed by atoms with E-state index in [1.807, 2.05) is 35.7 Å². The van der Waals surface area contributed by atoms with Gasteiger partial charge in [0.15, 0.2) is 5.13 Å². The van der Waals surface area contributed by atoms with E-state index in [1.165, 1.54) is 11.3 Å². The maximum Gasteiger partial charge on any atom is 0.248 e. The molecule has 1 aliphatic rings. The Hall–Kier alpha value is -1.76. The zero-order valence-electron chi connectivity index (χ0n) is 11.6. The Labute approximate surface area is 127 Å². The Balaban J connectivity index is 1.82. The van der Waals surface area contributed by atoms with E-state index >= 15 is 0 Å². The second-order valence-corrected chi connectivity index (χ2v) is 5.68. The average molecular weight is 303 g/mol. The second kappa shape index (κ2) is 6.80. The third-order valence-corrected chi connectivity index (χ3v) is 4.13. The average Bonchev–Trinajstić information content (AvgIpc) is 3.02. The number of aromatic nitrogens is 1. The molecule has 2 heterocycles. The van der Waals surface area contributed by atoms with Crippen LogP contribution in [0.2, 0.25) is 0 Å². The van der Waals surface area contributed by atoms with Crippen molar-refractivity contribution >= 4 is 22.4 Å². The van der Waals surface area contributed by atoms with E-state index in [1.54, 1.807) is 6.20 Å². The van der Waals surface area contributed by atoms with Gasteiger partial charge in [-0.3, -0.25) is 9.69 Å². The predicted octanol–water partition coefficient (Wildman–Crippen LogP) is 2.16. The van der Waals surface area contributed by atoms with Gasteiger partial charge in [0, 0.05) is 24.7 Å². The Morgan fingerprint density at radius 1 is 1.29 bits per heavy atom. The van der Waals surface area contributed by atoms with Gasteiger partial charge in [0.1, 0.15) is 6.04 Å². The number of carbonyl (C=O) groups excluding carboxylic acids is 1. The minimum absolute atomic E-state index is 0.0435. The quantitative estimate of drug-likeness (QED) is 0.940. The largest absolute Gasteiger partial charge is 0.379 e. The molecule has 0 spiro atoms. The van der Waals surface area contributed by atoms with Crippen molar-refractivity contribution in [3.8, 4) is 0 Å². The van der Waals surface area contributed by atoms with Gasteiger partial charge in [-0.2, -0.15) is 0 Å². The van der Waals surface area contributed by atoms with Gasteiger partial charge in [0.2, 0.25) is 5.91 Å². The van der Waals surface area contributed by atoms with Gasteiger partial charge < -0.3 is 10.1 Å². The lowest BCUT2D eigenvalue weighted by Crippen LogP contribution is -2.43. The van der Waals surface area contributed by atoms with Gasteiger partial charge >= 0.3 is 0 Å². The molecule has 3 rings (SSSR count). The van der Waals surface area contributed by atoms with E-state index in [2.05, 4.69) is 15.2 Å². The number of ether oxygens (including phenoxy) is 1. The Bertz CT molecular complexity index is 568. The molecule has 1 fully saturated rings. The SMILES string of the molecule is O=C(Nc1nccs1)[C@@H](c1ccccc1)N1CCOCC1. The first-order chi connectivity index (χ1) is 10.3. The number of thiazole rings is 1. The monoisotopic (exact) mass is 303 g/mol. The molecule has 1 aromatic carbocycles. The summed E-state index contributed by atoms with van der Waals surface area (Å²) in [4.78, 5) is 19.0. The predicted molar refractivity (Wildman–Crippen MR) is 82.3 cm³/mol. The molecule has 21 heavy (non-hydrogen) atoms. The molecule has 1 N–H and O–H groups in total. The number of benzene rings is 1. The molecule has 1 aliphatic heterocycles. The fourth-order valence-corrected chi connectivity index (χ4v) is 2.99. The number of morpholine rings is 1. The number of carbonyl (C=O) groups is 1. The Kier molecular flexibility index (Phi) is 4.59. The lowest BCUT2D eigenvalue weighted by molar-refractivity contribution is -0.123. The molecule has 0 saturated carbocycles. The van der Waals surface area contributed by atoms with Crippen LogP contribution in [-0.4, -0.2) is 42.1 Å². The standard InChI is InChI=1S/C15H17N3O2S/c19-14(17-15-16-6-11-21-15)13(12-4-2-1-3-5-12)18-7-9-20-10-8-18/h1-6,11,13H,7-10H2,(H,16,17,19)/t13-/m1/s1. The van der Waals surface area contributed by atoms with Crippen LogP contribution in [-0.2, 0) is 9.53 Å². The molecule has 1 amide bonds. The van der Waals surface area contributed by atoms with Crippen molar-refractivity contribution in [3.05, 3.63) is 47.5 Å². The van der Waals surface area contributed by atoms with Crippen LogP contribution in [0, 0.1) is 0 Å². The van der Waals surface area contributed by atoms with E-state index in [9.17, 15) is 4.79 Å². The van der Waals surface area contributed by atoms with Gasteiger partial charge in [-0.15, -0.1) is 11.3 Å². The normalized spacial score (nSPS) is 17.3. The smallest absolute Gasteiger partial charge is 0.248 e. The van der Waals surface area contributed by atoms with Crippen LogP contribution in [0.15, 0.2) is 41.9 Å².